The molecule has 0 saturated carbocycles. The van der Waals surface area contributed by atoms with Crippen LogP contribution >= 0.6 is 0 Å². The summed E-state index contributed by atoms with van der Waals surface area (Å²) in [5.74, 6) is 0.178. The van der Waals surface area contributed by atoms with Crippen LogP contribution in [0.4, 0.5) is 0 Å². The quantitative estimate of drug-likeness (QED) is 0.521. The van der Waals surface area contributed by atoms with Gasteiger partial charge in [-0.05, 0) is 50.7 Å². The van der Waals surface area contributed by atoms with Crippen LogP contribution in [-0.4, -0.2) is 47.8 Å². The zero-order chi connectivity index (χ0) is 21.9. The van der Waals surface area contributed by atoms with E-state index in [1.807, 2.05) is 73.9 Å². The Morgan fingerprint density at radius 2 is 0.900 bits per heavy atom. The van der Waals surface area contributed by atoms with Crippen molar-refractivity contribution in [3.05, 3.63) is 71.8 Å². The molecule has 2 unspecified atom stereocenters. The number of nitrogens with zero attached hydrogens (tertiary/aromatic N) is 2. The third-order valence-electron chi connectivity index (χ3n) is 5.96. The zero-order valence-electron chi connectivity index (χ0n) is 18.9. The molecular weight excluding hydrogens is 372 g/mol. The minimum Gasteiger partial charge on any atom is -0.343 e. The van der Waals surface area contributed by atoms with Crippen molar-refractivity contribution in [2.75, 3.05) is 26.2 Å². The topological polar surface area (TPSA) is 40.6 Å². The maximum atomic E-state index is 13.1. The lowest BCUT2D eigenvalue weighted by atomic mass is 9.77. The third-order valence-corrected chi connectivity index (χ3v) is 5.96. The summed E-state index contributed by atoms with van der Waals surface area (Å²) >= 11 is 0. The first kappa shape index (κ1) is 23.7. The molecule has 0 N–H and O–H groups in total. The van der Waals surface area contributed by atoms with E-state index in [0.29, 0.717) is 39.0 Å². The Labute approximate surface area is 181 Å². The van der Waals surface area contributed by atoms with Gasteiger partial charge in [0, 0.05) is 39.0 Å². The van der Waals surface area contributed by atoms with Crippen molar-refractivity contribution < 1.29 is 9.59 Å². The van der Waals surface area contributed by atoms with Crippen molar-refractivity contribution in [3.8, 4) is 0 Å². The van der Waals surface area contributed by atoms with E-state index in [-0.39, 0.29) is 23.7 Å². The third kappa shape index (κ3) is 6.19. The second kappa shape index (κ2) is 12.2. The van der Waals surface area contributed by atoms with Gasteiger partial charge in [-0.25, -0.2) is 0 Å². The molecule has 2 aromatic carbocycles. The van der Waals surface area contributed by atoms with Crippen LogP contribution in [0.5, 0.6) is 0 Å². The smallest absolute Gasteiger partial charge is 0.223 e. The van der Waals surface area contributed by atoms with E-state index in [2.05, 4.69) is 24.3 Å². The van der Waals surface area contributed by atoms with E-state index in [4.69, 9.17) is 0 Å². The van der Waals surface area contributed by atoms with Crippen LogP contribution in [-0.2, 0) is 9.59 Å². The molecule has 4 heteroatoms. The van der Waals surface area contributed by atoms with Crippen molar-refractivity contribution in [3.63, 3.8) is 0 Å². The van der Waals surface area contributed by atoms with Gasteiger partial charge in [0.15, 0.2) is 0 Å². The molecule has 0 bridgehead atoms. The van der Waals surface area contributed by atoms with Gasteiger partial charge in [0.25, 0.3) is 0 Å². The molecule has 2 amide bonds. The molecule has 0 aliphatic rings. The number of benzene rings is 2. The van der Waals surface area contributed by atoms with Crippen LogP contribution in [0.3, 0.4) is 0 Å². The number of rotatable bonds is 11. The van der Waals surface area contributed by atoms with Crippen LogP contribution in [0, 0.1) is 0 Å². The lowest BCUT2D eigenvalue weighted by Gasteiger charge is -2.31. The first-order chi connectivity index (χ1) is 14.5. The second-order valence-electron chi connectivity index (χ2n) is 7.57. The Hall–Kier alpha value is -2.62. The Morgan fingerprint density at radius 1 is 0.600 bits per heavy atom. The van der Waals surface area contributed by atoms with Gasteiger partial charge in [-0.15, -0.1) is 0 Å². The van der Waals surface area contributed by atoms with Crippen molar-refractivity contribution in [1.29, 1.82) is 0 Å². The Morgan fingerprint density at radius 3 is 1.17 bits per heavy atom. The van der Waals surface area contributed by atoms with Crippen LogP contribution in [0.1, 0.15) is 63.5 Å². The zero-order valence-corrected chi connectivity index (χ0v) is 18.9. The Bertz CT molecular complexity index is 701. The first-order valence-electron chi connectivity index (χ1n) is 11.2. The van der Waals surface area contributed by atoms with E-state index < -0.39 is 0 Å². The van der Waals surface area contributed by atoms with E-state index in [9.17, 15) is 9.59 Å². The monoisotopic (exact) mass is 408 g/mol. The number of hydrogen-bond donors (Lipinski definition) is 0. The molecule has 0 aromatic heterocycles. The molecule has 0 radical (unpaired) electrons. The average molecular weight is 409 g/mol. The summed E-state index contributed by atoms with van der Waals surface area (Å²) in [5, 5.41) is 0. The average Bonchev–Trinajstić information content (AvgIpc) is 2.79. The van der Waals surface area contributed by atoms with E-state index in [1.54, 1.807) is 0 Å². The fraction of sp³-hybridized carbons (Fsp3) is 0.462. The van der Waals surface area contributed by atoms with Gasteiger partial charge < -0.3 is 9.80 Å². The predicted octanol–water partition coefficient (Wildman–Crippen LogP) is 5.07. The normalized spacial score (nSPS) is 12.8. The summed E-state index contributed by atoms with van der Waals surface area (Å²) in [6, 6.07) is 20.4. The van der Waals surface area contributed by atoms with Crippen molar-refractivity contribution >= 4 is 11.8 Å². The lowest BCUT2D eigenvalue weighted by molar-refractivity contribution is -0.133. The highest BCUT2D eigenvalue weighted by atomic mass is 16.2. The molecule has 0 heterocycles. The lowest BCUT2D eigenvalue weighted by Crippen LogP contribution is -2.35. The van der Waals surface area contributed by atoms with Gasteiger partial charge in [0.05, 0.1) is 0 Å². The molecule has 2 rings (SSSR count). The van der Waals surface area contributed by atoms with Crippen molar-refractivity contribution in [1.82, 2.24) is 9.80 Å². The van der Waals surface area contributed by atoms with E-state index in [1.165, 1.54) is 0 Å². The molecule has 30 heavy (non-hydrogen) atoms. The summed E-state index contributed by atoms with van der Waals surface area (Å²) < 4.78 is 0. The molecule has 4 nitrogen and oxygen atoms in total. The minimum absolute atomic E-state index is 0.0544. The maximum Gasteiger partial charge on any atom is 0.223 e. The van der Waals surface area contributed by atoms with Crippen molar-refractivity contribution in [2.24, 2.45) is 0 Å². The van der Waals surface area contributed by atoms with Crippen LogP contribution in [0.25, 0.3) is 0 Å². The summed E-state index contributed by atoms with van der Waals surface area (Å²) in [6.45, 7) is 10.8. The number of carbonyl (C=O) groups is 2. The van der Waals surface area contributed by atoms with Gasteiger partial charge in [-0.2, -0.15) is 0 Å². The number of amides is 2. The molecule has 2 aromatic rings. The standard InChI is InChI=1S/C26H36N2O2/c1-5-27(6-2)25(29)19-23(21-15-11-9-12-16-21)24(22-17-13-10-14-18-22)20-26(30)28(7-3)8-4/h9-18,23-24H,5-8,19-20H2,1-4H3. The Balaban J connectivity index is 2.46. The number of carbonyl (C=O) groups excluding carboxylic acids is 2. The number of hydrogen-bond acceptors (Lipinski definition) is 2. The summed E-state index contributed by atoms with van der Waals surface area (Å²) in [7, 11) is 0. The van der Waals surface area contributed by atoms with Gasteiger partial charge in [0.1, 0.15) is 0 Å². The van der Waals surface area contributed by atoms with Gasteiger partial charge in [-0.3, -0.25) is 9.59 Å². The fourth-order valence-electron chi connectivity index (χ4n) is 4.17. The summed E-state index contributed by atoms with van der Waals surface area (Å²) in [4.78, 5) is 29.9. The molecule has 0 aliphatic carbocycles. The van der Waals surface area contributed by atoms with E-state index >= 15 is 0 Å². The highest BCUT2D eigenvalue weighted by molar-refractivity contribution is 5.79. The van der Waals surface area contributed by atoms with Crippen LogP contribution < -0.4 is 0 Å². The van der Waals surface area contributed by atoms with Crippen LogP contribution in [0.2, 0.25) is 0 Å². The van der Waals surface area contributed by atoms with E-state index in [0.717, 1.165) is 11.1 Å². The highest BCUT2D eigenvalue weighted by Gasteiger charge is 2.31. The molecule has 0 aliphatic heterocycles. The molecule has 0 fully saturated rings. The predicted molar refractivity (Wildman–Crippen MR) is 123 cm³/mol. The SMILES string of the molecule is CCN(CC)C(=O)CC(c1ccccc1)C(CC(=O)N(CC)CC)c1ccccc1. The molecule has 0 saturated heterocycles. The maximum absolute atomic E-state index is 13.1. The van der Waals surface area contributed by atoms with Gasteiger partial charge >= 0.3 is 0 Å². The first-order valence-corrected chi connectivity index (χ1v) is 11.2. The second-order valence-corrected chi connectivity index (χ2v) is 7.57. The molecular formula is C26H36N2O2. The Kier molecular flexibility index (Phi) is 9.59. The highest BCUT2D eigenvalue weighted by Crippen LogP contribution is 2.39. The van der Waals surface area contributed by atoms with Gasteiger partial charge in [0.2, 0.25) is 11.8 Å². The largest absolute Gasteiger partial charge is 0.343 e. The summed E-state index contributed by atoms with van der Waals surface area (Å²) in [5.41, 5.74) is 2.22. The van der Waals surface area contributed by atoms with Gasteiger partial charge in [-0.1, -0.05) is 60.7 Å². The molecule has 2 atom stereocenters. The minimum atomic E-state index is -0.0544. The summed E-state index contributed by atoms with van der Waals surface area (Å²) in [6.07, 6.45) is 0.799. The molecule has 162 valence electrons. The van der Waals surface area contributed by atoms with Crippen molar-refractivity contribution in [2.45, 2.75) is 52.4 Å². The fourth-order valence-corrected chi connectivity index (χ4v) is 4.17. The molecule has 0 spiro atoms. The van der Waals surface area contributed by atoms with Crippen LogP contribution in [0.15, 0.2) is 60.7 Å².